The standard InChI is InChI=1S/C19H29NO3/c1-2-3-4-5-6-10-13-17(19(22)23)20-18(21)15-14-16-11-8-7-9-12-16/h7-9,11-12,17H,2-6,10,13-15H2,1H3,(H,20,21)(H,22,23)/t17-/m1/s1. The maximum absolute atomic E-state index is 11.9. The number of rotatable bonds is 12. The van der Waals surface area contributed by atoms with Crippen LogP contribution in [-0.4, -0.2) is 23.0 Å². The Morgan fingerprint density at radius 3 is 2.35 bits per heavy atom. The number of aliphatic carboxylic acids is 1. The van der Waals surface area contributed by atoms with Gasteiger partial charge in [-0.1, -0.05) is 75.8 Å². The van der Waals surface area contributed by atoms with Crippen LogP contribution in [0.5, 0.6) is 0 Å². The van der Waals surface area contributed by atoms with Gasteiger partial charge in [-0.25, -0.2) is 4.79 Å². The minimum atomic E-state index is -0.938. The second-order valence-electron chi connectivity index (χ2n) is 6.00. The summed E-state index contributed by atoms with van der Waals surface area (Å²) in [6.45, 7) is 2.17. The van der Waals surface area contributed by atoms with Gasteiger partial charge in [-0.3, -0.25) is 4.79 Å². The molecule has 0 aromatic heterocycles. The number of nitrogens with one attached hydrogen (secondary N) is 1. The molecule has 0 radical (unpaired) electrons. The van der Waals surface area contributed by atoms with E-state index in [1.54, 1.807) is 0 Å². The summed E-state index contributed by atoms with van der Waals surface area (Å²) in [6.07, 6.45) is 8.13. The van der Waals surface area contributed by atoms with Crippen molar-refractivity contribution in [3.8, 4) is 0 Å². The molecule has 4 nitrogen and oxygen atoms in total. The molecule has 1 aromatic rings. The van der Waals surface area contributed by atoms with Crippen LogP contribution in [0, 0.1) is 0 Å². The summed E-state index contributed by atoms with van der Waals surface area (Å²) < 4.78 is 0. The van der Waals surface area contributed by atoms with Crippen LogP contribution in [0.2, 0.25) is 0 Å². The summed E-state index contributed by atoms with van der Waals surface area (Å²) in [5, 5.41) is 11.9. The van der Waals surface area contributed by atoms with E-state index in [4.69, 9.17) is 0 Å². The van der Waals surface area contributed by atoms with E-state index in [-0.39, 0.29) is 5.91 Å². The predicted molar refractivity (Wildman–Crippen MR) is 92.3 cm³/mol. The molecule has 0 spiro atoms. The van der Waals surface area contributed by atoms with Crippen molar-refractivity contribution in [1.29, 1.82) is 0 Å². The fourth-order valence-corrected chi connectivity index (χ4v) is 2.56. The van der Waals surface area contributed by atoms with E-state index in [9.17, 15) is 14.7 Å². The Bertz CT molecular complexity index is 459. The highest BCUT2D eigenvalue weighted by molar-refractivity contribution is 5.83. The largest absolute Gasteiger partial charge is 0.480 e. The molecule has 0 saturated heterocycles. The maximum atomic E-state index is 11.9. The fraction of sp³-hybridized carbons (Fsp3) is 0.579. The molecule has 0 aliphatic heterocycles. The zero-order valence-corrected chi connectivity index (χ0v) is 14.1. The van der Waals surface area contributed by atoms with Gasteiger partial charge in [-0.2, -0.15) is 0 Å². The van der Waals surface area contributed by atoms with Crippen molar-refractivity contribution in [2.24, 2.45) is 0 Å². The van der Waals surface area contributed by atoms with E-state index in [2.05, 4.69) is 12.2 Å². The van der Waals surface area contributed by atoms with Crippen LogP contribution >= 0.6 is 0 Å². The number of carbonyl (C=O) groups is 2. The van der Waals surface area contributed by atoms with Gasteiger partial charge < -0.3 is 10.4 Å². The molecule has 2 N–H and O–H groups in total. The van der Waals surface area contributed by atoms with Gasteiger partial charge in [0.05, 0.1) is 0 Å². The average Bonchev–Trinajstić information content (AvgIpc) is 2.55. The minimum Gasteiger partial charge on any atom is -0.480 e. The van der Waals surface area contributed by atoms with E-state index >= 15 is 0 Å². The molecule has 23 heavy (non-hydrogen) atoms. The van der Waals surface area contributed by atoms with E-state index in [0.717, 1.165) is 24.8 Å². The second kappa shape index (κ2) is 11.7. The van der Waals surface area contributed by atoms with Crippen molar-refractivity contribution in [3.63, 3.8) is 0 Å². The van der Waals surface area contributed by atoms with E-state index < -0.39 is 12.0 Å². The molecule has 0 saturated carbocycles. The SMILES string of the molecule is CCCCCCCC[C@@H](NC(=O)CCc1ccccc1)C(=O)O. The third-order valence-corrected chi connectivity index (χ3v) is 3.96. The molecular weight excluding hydrogens is 290 g/mol. The molecule has 1 atom stereocenters. The Labute approximate surface area is 139 Å². The van der Waals surface area contributed by atoms with Crippen LogP contribution < -0.4 is 5.32 Å². The molecule has 0 bridgehead atoms. The lowest BCUT2D eigenvalue weighted by molar-refractivity contribution is -0.142. The van der Waals surface area contributed by atoms with Gasteiger partial charge in [0.1, 0.15) is 6.04 Å². The molecule has 0 aliphatic carbocycles. The molecule has 1 aromatic carbocycles. The molecule has 0 aliphatic rings. The van der Waals surface area contributed by atoms with Crippen LogP contribution in [0.15, 0.2) is 30.3 Å². The normalized spacial score (nSPS) is 11.9. The molecule has 128 valence electrons. The number of hydrogen-bond donors (Lipinski definition) is 2. The molecule has 1 amide bonds. The van der Waals surface area contributed by atoms with Crippen molar-refractivity contribution in [2.45, 2.75) is 70.8 Å². The first-order valence-electron chi connectivity index (χ1n) is 8.69. The van der Waals surface area contributed by atoms with Gasteiger partial charge in [0.2, 0.25) is 5.91 Å². The van der Waals surface area contributed by atoms with Crippen molar-refractivity contribution < 1.29 is 14.7 Å². The number of aryl methyl sites for hydroxylation is 1. The summed E-state index contributed by atoms with van der Waals surface area (Å²) in [6, 6.07) is 8.99. The van der Waals surface area contributed by atoms with Gasteiger partial charge in [0, 0.05) is 6.42 Å². The van der Waals surface area contributed by atoms with Gasteiger partial charge in [-0.05, 0) is 18.4 Å². The third-order valence-electron chi connectivity index (χ3n) is 3.96. The van der Waals surface area contributed by atoms with Crippen LogP contribution in [0.3, 0.4) is 0 Å². The van der Waals surface area contributed by atoms with Crippen molar-refractivity contribution >= 4 is 11.9 Å². The van der Waals surface area contributed by atoms with Crippen LogP contribution in [0.1, 0.15) is 63.9 Å². The summed E-state index contributed by atoms with van der Waals surface area (Å²) in [5.74, 6) is -1.13. The van der Waals surface area contributed by atoms with Gasteiger partial charge in [0.25, 0.3) is 0 Å². The Balaban J connectivity index is 2.25. The Kier molecular flexibility index (Phi) is 9.76. The van der Waals surface area contributed by atoms with Gasteiger partial charge in [0.15, 0.2) is 0 Å². The number of unbranched alkanes of at least 4 members (excludes halogenated alkanes) is 5. The van der Waals surface area contributed by atoms with Crippen molar-refractivity contribution in [1.82, 2.24) is 5.32 Å². The zero-order chi connectivity index (χ0) is 16.9. The summed E-state index contributed by atoms with van der Waals surface area (Å²) in [7, 11) is 0. The first-order valence-corrected chi connectivity index (χ1v) is 8.69. The van der Waals surface area contributed by atoms with Crippen LogP contribution in [0.4, 0.5) is 0 Å². The highest BCUT2D eigenvalue weighted by Gasteiger charge is 2.19. The van der Waals surface area contributed by atoms with Crippen LogP contribution in [-0.2, 0) is 16.0 Å². The van der Waals surface area contributed by atoms with Crippen molar-refractivity contribution in [2.75, 3.05) is 0 Å². The molecular formula is C19H29NO3. The summed E-state index contributed by atoms with van der Waals surface area (Å²) in [4.78, 5) is 23.2. The lowest BCUT2D eigenvalue weighted by Crippen LogP contribution is -2.40. The second-order valence-corrected chi connectivity index (χ2v) is 6.00. The lowest BCUT2D eigenvalue weighted by atomic mass is 10.0. The Morgan fingerprint density at radius 1 is 1.04 bits per heavy atom. The smallest absolute Gasteiger partial charge is 0.326 e. The number of carboxylic acids is 1. The number of carbonyl (C=O) groups excluding carboxylic acids is 1. The summed E-state index contributed by atoms with van der Waals surface area (Å²) in [5.41, 5.74) is 1.09. The van der Waals surface area contributed by atoms with E-state index in [1.165, 1.54) is 19.3 Å². The molecule has 0 fully saturated rings. The Morgan fingerprint density at radius 2 is 1.70 bits per heavy atom. The van der Waals surface area contributed by atoms with Crippen LogP contribution in [0.25, 0.3) is 0 Å². The molecule has 4 heteroatoms. The maximum Gasteiger partial charge on any atom is 0.326 e. The van der Waals surface area contributed by atoms with Gasteiger partial charge in [-0.15, -0.1) is 0 Å². The van der Waals surface area contributed by atoms with E-state index in [0.29, 0.717) is 19.3 Å². The highest BCUT2D eigenvalue weighted by Crippen LogP contribution is 2.09. The molecule has 1 rings (SSSR count). The minimum absolute atomic E-state index is 0.188. The number of benzene rings is 1. The van der Waals surface area contributed by atoms with Gasteiger partial charge >= 0.3 is 5.97 Å². The fourth-order valence-electron chi connectivity index (χ4n) is 2.56. The Hall–Kier alpha value is -1.84. The summed E-state index contributed by atoms with van der Waals surface area (Å²) >= 11 is 0. The number of carboxylic acid groups (broad SMARTS) is 1. The molecule has 0 heterocycles. The number of hydrogen-bond acceptors (Lipinski definition) is 2. The quantitative estimate of drug-likeness (QED) is 0.573. The van der Waals surface area contributed by atoms with E-state index in [1.807, 2.05) is 30.3 Å². The topological polar surface area (TPSA) is 66.4 Å². The number of amides is 1. The first kappa shape index (κ1) is 19.2. The predicted octanol–water partition coefficient (Wildman–Crippen LogP) is 3.94. The monoisotopic (exact) mass is 319 g/mol. The zero-order valence-electron chi connectivity index (χ0n) is 14.1. The lowest BCUT2D eigenvalue weighted by Gasteiger charge is -2.14. The highest BCUT2D eigenvalue weighted by atomic mass is 16.4. The first-order chi connectivity index (χ1) is 11.1. The average molecular weight is 319 g/mol. The molecule has 0 unspecified atom stereocenters. The van der Waals surface area contributed by atoms with Crippen molar-refractivity contribution in [3.05, 3.63) is 35.9 Å². The third kappa shape index (κ3) is 9.01.